The van der Waals surface area contributed by atoms with Gasteiger partial charge in [-0.3, -0.25) is 0 Å². The van der Waals surface area contributed by atoms with Crippen LogP contribution in [0.25, 0.3) is 0 Å². The van der Waals surface area contributed by atoms with E-state index in [1.165, 1.54) is 12.8 Å². The SMILES string of the molecule is O=C(O)C(O)CCC=CCCCC=CCCCCCCO. The zero-order chi connectivity index (χ0) is 15.8. The lowest BCUT2D eigenvalue weighted by atomic mass is 10.1. The van der Waals surface area contributed by atoms with Crippen molar-refractivity contribution in [2.75, 3.05) is 6.61 Å². The highest BCUT2D eigenvalue weighted by Crippen LogP contribution is 2.05. The van der Waals surface area contributed by atoms with Crippen LogP contribution in [0.15, 0.2) is 24.3 Å². The van der Waals surface area contributed by atoms with Crippen molar-refractivity contribution in [1.82, 2.24) is 0 Å². The van der Waals surface area contributed by atoms with Gasteiger partial charge >= 0.3 is 5.97 Å². The summed E-state index contributed by atoms with van der Waals surface area (Å²) >= 11 is 0. The van der Waals surface area contributed by atoms with Gasteiger partial charge in [-0.25, -0.2) is 4.79 Å². The average Bonchev–Trinajstić information content (AvgIpc) is 2.47. The van der Waals surface area contributed by atoms with Gasteiger partial charge in [0, 0.05) is 6.61 Å². The molecule has 0 aliphatic rings. The monoisotopic (exact) mass is 298 g/mol. The third kappa shape index (κ3) is 15.1. The molecule has 0 amide bonds. The van der Waals surface area contributed by atoms with E-state index in [0.29, 0.717) is 13.0 Å². The van der Waals surface area contributed by atoms with E-state index in [4.69, 9.17) is 15.3 Å². The molecule has 0 aromatic carbocycles. The van der Waals surface area contributed by atoms with E-state index in [1.54, 1.807) is 0 Å². The summed E-state index contributed by atoms with van der Waals surface area (Å²) in [6, 6.07) is 0. The van der Waals surface area contributed by atoms with Crippen molar-refractivity contribution in [3.63, 3.8) is 0 Å². The van der Waals surface area contributed by atoms with Crippen LogP contribution in [0.3, 0.4) is 0 Å². The maximum atomic E-state index is 10.4. The number of carbonyl (C=O) groups is 1. The molecule has 0 spiro atoms. The summed E-state index contributed by atoms with van der Waals surface area (Å²) in [6.07, 6.45) is 16.8. The van der Waals surface area contributed by atoms with Crippen LogP contribution in [0.2, 0.25) is 0 Å². The number of allylic oxidation sites excluding steroid dienone is 4. The van der Waals surface area contributed by atoms with Crippen molar-refractivity contribution in [2.24, 2.45) is 0 Å². The van der Waals surface area contributed by atoms with Gasteiger partial charge in [-0.2, -0.15) is 0 Å². The van der Waals surface area contributed by atoms with Crippen LogP contribution in [-0.2, 0) is 4.79 Å². The van der Waals surface area contributed by atoms with Crippen LogP contribution < -0.4 is 0 Å². The first-order valence-corrected chi connectivity index (χ1v) is 8.00. The lowest BCUT2D eigenvalue weighted by molar-refractivity contribution is -0.146. The minimum atomic E-state index is -1.24. The van der Waals surface area contributed by atoms with Gasteiger partial charge in [0.25, 0.3) is 0 Å². The quantitative estimate of drug-likeness (QED) is 0.339. The van der Waals surface area contributed by atoms with Gasteiger partial charge in [0.2, 0.25) is 0 Å². The molecular weight excluding hydrogens is 268 g/mol. The van der Waals surface area contributed by atoms with Crippen LogP contribution in [0.4, 0.5) is 0 Å². The third-order valence-corrected chi connectivity index (χ3v) is 3.25. The first kappa shape index (κ1) is 19.9. The lowest BCUT2D eigenvalue weighted by Crippen LogP contribution is -2.18. The maximum Gasteiger partial charge on any atom is 0.332 e. The summed E-state index contributed by atoms with van der Waals surface area (Å²) in [5, 5.41) is 26.2. The molecule has 0 heterocycles. The van der Waals surface area contributed by atoms with Crippen molar-refractivity contribution in [1.29, 1.82) is 0 Å². The minimum Gasteiger partial charge on any atom is -0.479 e. The Kier molecular flexibility index (Phi) is 14.4. The van der Waals surface area contributed by atoms with Crippen LogP contribution >= 0.6 is 0 Å². The van der Waals surface area contributed by atoms with Gasteiger partial charge in [-0.15, -0.1) is 0 Å². The summed E-state index contributed by atoms with van der Waals surface area (Å²) in [5.74, 6) is -1.15. The number of carboxylic acid groups (broad SMARTS) is 1. The topological polar surface area (TPSA) is 77.8 Å². The second kappa shape index (κ2) is 15.3. The van der Waals surface area contributed by atoms with Crippen LogP contribution in [0.5, 0.6) is 0 Å². The molecule has 4 heteroatoms. The standard InChI is InChI=1S/C17H30O4/c18-15-13-11-9-7-5-3-1-2-4-6-8-10-12-14-16(19)17(20)21/h1,3,8,10,16,18-19H,2,4-7,9,11-15H2,(H,20,21). The number of rotatable bonds is 14. The molecule has 3 N–H and O–H groups in total. The molecular formula is C17H30O4. The number of hydrogen-bond donors (Lipinski definition) is 3. The number of carboxylic acids is 1. The Morgan fingerprint density at radius 1 is 0.810 bits per heavy atom. The fourth-order valence-corrected chi connectivity index (χ4v) is 1.93. The Morgan fingerprint density at radius 3 is 1.90 bits per heavy atom. The lowest BCUT2D eigenvalue weighted by Gasteiger charge is -2.01. The fraction of sp³-hybridized carbons (Fsp3) is 0.706. The predicted molar refractivity (Wildman–Crippen MR) is 85.2 cm³/mol. The number of unbranched alkanes of at least 4 members (excludes halogenated alkanes) is 6. The van der Waals surface area contributed by atoms with Crippen molar-refractivity contribution in [2.45, 2.75) is 70.3 Å². The molecule has 0 rings (SSSR count). The van der Waals surface area contributed by atoms with E-state index >= 15 is 0 Å². The number of aliphatic hydroxyl groups excluding tert-OH is 2. The van der Waals surface area contributed by atoms with Crippen molar-refractivity contribution in [3.8, 4) is 0 Å². The molecule has 4 nitrogen and oxygen atoms in total. The number of aliphatic carboxylic acids is 1. The Balaban J connectivity index is 3.29. The molecule has 0 saturated heterocycles. The molecule has 0 saturated carbocycles. The second-order valence-corrected chi connectivity index (χ2v) is 5.23. The predicted octanol–water partition coefficient (Wildman–Crippen LogP) is 3.44. The fourth-order valence-electron chi connectivity index (χ4n) is 1.93. The second-order valence-electron chi connectivity index (χ2n) is 5.23. The molecule has 1 atom stereocenters. The Morgan fingerprint density at radius 2 is 1.33 bits per heavy atom. The largest absolute Gasteiger partial charge is 0.479 e. The van der Waals surface area contributed by atoms with Crippen LogP contribution in [0, 0.1) is 0 Å². The molecule has 0 aromatic rings. The molecule has 0 aliphatic heterocycles. The smallest absolute Gasteiger partial charge is 0.332 e. The summed E-state index contributed by atoms with van der Waals surface area (Å²) in [5.41, 5.74) is 0. The number of hydrogen-bond acceptors (Lipinski definition) is 3. The molecule has 0 aromatic heterocycles. The van der Waals surface area contributed by atoms with Gasteiger partial charge in [-0.1, -0.05) is 37.1 Å². The third-order valence-electron chi connectivity index (χ3n) is 3.25. The molecule has 0 fully saturated rings. The van der Waals surface area contributed by atoms with Crippen LogP contribution in [0.1, 0.15) is 64.2 Å². The van der Waals surface area contributed by atoms with Gasteiger partial charge in [0.15, 0.2) is 6.10 Å². The normalized spacial score (nSPS) is 13.2. The molecule has 0 aliphatic carbocycles. The van der Waals surface area contributed by atoms with Crippen molar-refractivity contribution < 1.29 is 20.1 Å². The highest BCUT2D eigenvalue weighted by Gasteiger charge is 2.10. The first-order chi connectivity index (χ1) is 10.2. The van der Waals surface area contributed by atoms with Crippen molar-refractivity contribution >= 4 is 5.97 Å². The summed E-state index contributed by atoms with van der Waals surface area (Å²) < 4.78 is 0. The van der Waals surface area contributed by atoms with Crippen LogP contribution in [-0.4, -0.2) is 34.0 Å². The molecule has 1 unspecified atom stereocenters. The highest BCUT2D eigenvalue weighted by molar-refractivity contribution is 5.71. The molecule has 0 bridgehead atoms. The Labute approximate surface area is 128 Å². The first-order valence-electron chi connectivity index (χ1n) is 8.00. The van der Waals surface area contributed by atoms with E-state index < -0.39 is 12.1 Å². The Hall–Kier alpha value is -1.13. The van der Waals surface area contributed by atoms with Crippen molar-refractivity contribution in [3.05, 3.63) is 24.3 Å². The molecule has 0 radical (unpaired) electrons. The van der Waals surface area contributed by atoms with E-state index in [9.17, 15) is 4.79 Å². The van der Waals surface area contributed by atoms with Gasteiger partial charge < -0.3 is 15.3 Å². The Bertz CT molecular complexity index is 297. The summed E-state index contributed by atoms with van der Waals surface area (Å²) in [7, 11) is 0. The number of aliphatic hydroxyl groups is 2. The maximum absolute atomic E-state index is 10.4. The summed E-state index contributed by atoms with van der Waals surface area (Å²) in [4.78, 5) is 10.4. The van der Waals surface area contributed by atoms with E-state index in [-0.39, 0.29) is 6.42 Å². The minimum absolute atomic E-state index is 0.280. The molecule has 21 heavy (non-hydrogen) atoms. The van der Waals surface area contributed by atoms with E-state index in [1.807, 2.05) is 6.08 Å². The van der Waals surface area contributed by atoms with E-state index in [0.717, 1.165) is 38.5 Å². The zero-order valence-corrected chi connectivity index (χ0v) is 12.9. The highest BCUT2D eigenvalue weighted by atomic mass is 16.4. The molecule has 122 valence electrons. The summed E-state index contributed by atoms with van der Waals surface area (Å²) in [6.45, 7) is 0.304. The van der Waals surface area contributed by atoms with Gasteiger partial charge in [0.1, 0.15) is 0 Å². The average molecular weight is 298 g/mol. The van der Waals surface area contributed by atoms with E-state index in [2.05, 4.69) is 18.2 Å². The van der Waals surface area contributed by atoms with Gasteiger partial charge in [-0.05, 0) is 51.4 Å². The zero-order valence-electron chi connectivity index (χ0n) is 12.9. The van der Waals surface area contributed by atoms with Gasteiger partial charge in [0.05, 0.1) is 0 Å².